The predicted octanol–water partition coefficient (Wildman–Crippen LogP) is 1.64. The second kappa shape index (κ2) is 8.69. The molecule has 148 valence electrons. The summed E-state index contributed by atoms with van der Waals surface area (Å²) in [6.07, 6.45) is 0.513. The first-order valence-electron chi connectivity index (χ1n) is 9.06. The second-order valence-electron chi connectivity index (χ2n) is 6.73. The number of cyclic esters (lactones) is 1. The van der Waals surface area contributed by atoms with Crippen LogP contribution in [0, 0.1) is 5.82 Å². The van der Waals surface area contributed by atoms with Crippen molar-refractivity contribution in [2.75, 3.05) is 47.5 Å². The van der Waals surface area contributed by atoms with Crippen molar-refractivity contribution in [3.8, 4) is 0 Å². The minimum absolute atomic E-state index is 0.197. The van der Waals surface area contributed by atoms with Crippen LogP contribution in [0.1, 0.15) is 19.8 Å². The summed E-state index contributed by atoms with van der Waals surface area (Å²) in [5.74, 6) is 0.695. The van der Waals surface area contributed by atoms with Gasteiger partial charge in [0.05, 0.1) is 24.5 Å². The summed E-state index contributed by atoms with van der Waals surface area (Å²) < 4.78 is 31.6. The number of benzene rings is 1. The maximum Gasteiger partial charge on any atom is 0.414 e. The van der Waals surface area contributed by atoms with Crippen molar-refractivity contribution in [2.45, 2.75) is 25.9 Å². The van der Waals surface area contributed by atoms with E-state index in [9.17, 15) is 18.2 Å². The van der Waals surface area contributed by atoms with Crippen LogP contribution >= 0.6 is 0 Å². The van der Waals surface area contributed by atoms with Crippen LogP contribution in [0.15, 0.2) is 18.2 Å². The van der Waals surface area contributed by atoms with Gasteiger partial charge in [-0.25, -0.2) is 9.18 Å². The Balaban J connectivity index is 1.68. The van der Waals surface area contributed by atoms with Gasteiger partial charge in [0.2, 0.25) is 5.91 Å². The summed E-state index contributed by atoms with van der Waals surface area (Å²) >= 11 is 0. The quantitative estimate of drug-likeness (QED) is 0.836. The van der Waals surface area contributed by atoms with Gasteiger partial charge >= 0.3 is 6.09 Å². The molecule has 1 N–H and O–H groups in total. The molecule has 1 unspecified atom stereocenters. The van der Waals surface area contributed by atoms with E-state index in [-0.39, 0.29) is 19.0 Å². The number of ether oxygens (including phenoxy) is 1. The Hall–Kier alpha value is -2.16. The van der Waals surface area contributed by atoms with E-state index < -0.39 is 28.8 Å². The number of nitrogens with one attached hydrogen (secondary N) is 1. The first kappa shape index (κ1) is 19.6. The molecule has 3 rings (SSSR count). The van der Waals surface area contributed by atoms with Crippen LogP contribution in [-0.2, 0) is 20.3 Å². The lowest BCUT2D eigenvalue weighted by Crippen LogP contribution is -2.33. The topological polar surface area (TPSA) is 79.0 Å². The maximum atomic E-state index is 14.7. The van der Waals surface area contributed by atoms with Gasteiger partial charge in [-0.2, -0.15) is 0 Å². The summed E-state index contributed by atoms with van der Waals surface area (Å²) in [6.45, 7) is 3.20. The Morgan fingerprint density at radius 2 is 2.04 bits per heavy atom. The smallest absolute Gasteiger partial charge is 0.414 e. The molecule has 9 heteroatoms. The minimum Gasteiger partial charge on any atom is -0.442 e. The molecule has 1 aromatic carbocycles. The molecule has 7 nitrogen and oxygen atoms in total. The molecule has 0 aromatic heterocycles. The molecule has 2 aliphatic heterocycles. The zero-order chi connectivity index (χ0) is 19.4. The molecule has 1 aromatic rings. The molecular formula is C18H24FN3O4S. The Bertz CT molecular complexity index is 733. The van der Waals surface area contributed by atoms with Crippen molar-refractivity contribution >= 4 is 34.2 Å². The molecule has 1 atom stereocenters. The zero-order valence-electron chi connectivity index (χ0n) is 15.3. The third-order valence-electron chi connectivity index (χ3n) is 4.64. The van der Waals surface area contributed by atoms with E-state index in [1.165, 1.54) is 17.9 Å². The van der Waals surface area contributed by atoms with E-state index in [1.54, 1.807) is 12.1 Å². The fourth-order valence-corrected chi connectivity index (χ4v) is 4.41. The highest BCUT2D eigenvalue weighted by Gasteiger charge is 2.33. The molecule has 0 spiro atoms. The molecule has 0 aliphatic carbocycles. The van der Waals surface area contributed by atoms with Crippen LogP contribution < -0.4 is 15.1 Å². The van der Waals surface area contributed by atoms with Gasteiger partial charge in [0, 0.05) is 42.3 Å². The van der Waals surface area contributed by atoms with E-state index in [0.717, 1.165) is 12.8 Å². The van der Waals surface area contributed by atoms with E-state index in [0.29, 0.717) is 36.0 Å². The number of hydrogen-bond donors (Lipinski definition) is 1. The number of amides is 2. The summed E-state index contributed by atoms with van der Waals surface area (Å²) in [6, 6.07) is 4.73. The van der Waals surface area contributed by atoms with Gasteiger partial charge in [0.25, 0.3) is 0 Å². The number of nitrogens with zero attached hydrogens (tertiary/aromatic N) is 2. The highest BCUT2D eigenvalue weighted by atomic mass is 32.2. The number of anilines is 2. The van der Waals surface area contributed by atoms with E-state index in [1.807, 2.05) is 4.90 Å². The van der Waals surface area contributed by atoms with Crippen molar-refractivity contribution in [1.29, 1.82) is 0 Å². The lowest BCUT2D eigenvalue weighted by atomic mass is 10.2. The van der Waals surface area contributed by atoms with E-state index in [4.69, 9.17) is 4.74 Å². The first-order valence-corrected chi connectivity index (χ1v) is 10.5. The third kappa shape index (κ3) is 4.97. The highest BCUT2D eigenvalue weighted by Crippen LogP contribution is 2.28. The van der Waals surface area contributed by atoms with E-state index >= 15 is 0 Å². The Morgan fingerprint density at radius 1 is 1.33 bits per heavy atom. The molecule has 27 heavy (non-hydrogen) atoms. The normalized spacial score (nSPS) is 21.6. The average molecular weight is 397 g/mol. The first-order chi connectivity index (χ1) is 12.9. The molecule has 0 bridgehead atoms. The van der Waals surface area contributed by atoms with Crippen LogP contribution in [0.3, 0.4) is 0 Å². The largest absolute Gasteiger partial charge is 0.442 e. The Kier molecular flexibility index (Phi) is 6.30. The van der Waals surface area contributed by atoms with Gasteiger partial charge in [0.1, 0.15) is 11.9 Å². The molecular weight excluding hydrogens is 373 g/mol. The van der Waals surface area contributed by atoms with Gasteiger partial charge < -0.3 is 15.0 Å². The Labute approximate surface area is 160 Å². The van der Waals surface area contributed by atoms with Crippen LogP contribution in [0.25, 0.3) is 0 Å². The molecule has 2 heterocycles. The highest BCUT2D eigenvalue weighted by molar-refractivity contribution is 7.84. The summed E-state index contributed by atoms with van der Waals surface area (Å²) in [5.41, 5.74) is 0.925. The van der Waals surface area contributed by atoms with E-state index in [2.05, 4.69) is 5.32 Å². The summed E-state index contributed by atoms with van der Waals surface area (Å²) in [7, 11) is -0.768. The van der Waals surface area contributed by atoms with Gasteiger partial charge in [0.15, 0.2) is 0 Å². The predicted molar refractivity (Wildman–Crippen MR) is 102 cm³/mol. The van der Waals surface area contributed by atoms with Crippen molar-refractivity contribution in [3.63, 3.8) is 0 Å². The average Bonchev–Trinajstić information content (AvgIpc) is 2.97. The van der Waals surface area contributed by atoms with Gasteiger partial charge in [-0.15, -0.1) is 0 Å². The fraction of sp³-hybridized carbons (Fsp3) is 0.556. The molecule has 0 saturated carbocycles. The number of halogens is 1. The molecule has 0 radical (unpaired) electrons. The molecule has 2 amide bonds. The summed E-state index contributed by atoms with van der Waals surface area (Å²) in [4.78, 5) is 26.4. The molecule has 2 aliphatic rings. The molecule has 2 fully saturated rings. The SMILES string of the molecule is CC(=O)NCC1CN(c2ccc(N3CCCS(=O)CCC3)c(F)c2)C(=O)O1. The third-order valence-corrected chi connectivity index (χ3v) is 6.12. The molecule has 2 saturated heterocycles. The summed E-state index contributed by atoms with van der Waals surface area (Å²) in [5, 5.41) is 2.61. The number of hydrogen-bond acceptors (Lipinski definition) is 5. The monoisotopic (exact) mass is 397 g/mol. The number of carbonyl (C=O) groups excluding carboxylic acids is 2. The van der Waals surface area contributed by atoms with Gasteiger partial charge in [-0.3, -0.25) is 13.9 Å². The second-order valence-corrected chi connectivity index (χ2v) is 8.43. The van der Waals surface area contributed by atoms with Crippen molar-refractivity contribution in [3.05, 3.63) is 24.0 Å². The van der Waals surface area contributed by atoms with Crippen molar-refractivity contribution in [1.82, 2.24) is 5.32 Å². The van der Waals surface area contributed by atoms with Crippen LogP contribution in [-0.4, -0.2) is 60.0 Å². The van der Waals surface area contributed by atoms with Crippen LogP contribution in [0.5, 0.6) is 0 Å². The van der Waals surface area contributed by atoms with Gasteiger partial charge in [-0.1, -0.05) is 0 Å². The van der Waals surface area contributed by atoms with Crippen LogP contribution in [0.2, 0.25) is 0 Å². The number of carbonyl (C=O) groups is 2. The van der Waals surface area contributed by atoms with Gasteiger partial charge in [-0.05, 0) is 31.0 Å². The standard InChI is InChI=1S/C18H24FN3O4S/c1-13(23)20-11-15-12-22(18(24)26-15)14-4-5-17(16(19)10-14)21-6-2-8-27(25)9-3-7-21/h4-5,10,15H,2-3,6-9,11-12H2,1H3,(H,20,23). The maximum absolute atomic E-state index is 14.7. The Morgan fingerprint density at radius 3 is 2.67 bits per heavy atom. The fourth-order valence-electron chi connectivity index (χ4n) is 3.30. The van der Waals surface area contributed by atoms with Crippen LogP contribution in [0.4, 0.5) is 20.6 Å². The minimum atomic E-state index is -0.768. The van der Waals surface area contributed by atoms with Crippen molar-refractivity contribution < 1.29 is 22.9 Å². The zero-order valence-corrected chi connectivity index (χ0v) is 16.1. The lowest BCUT2D eigenvalue weighted by molar-refractivity contribution is -0.119. The van der Waals surface area contributed by atoms with Crippen molar-refractivity contribution in [2.24, 2.45) is 0 Å². The lowest BCUT2D eigenvalue weighted by Gasteiger charge is -2.27. The number of rotatable bonds is 4.